The van der Waals surface area contributed by atoms with Crippen LogP contribution in [0.4, 0.5) is 0 Å². The second-order valence-corrected chi connectivity index (χ2v) is 3.85. The molecule has 6 nitrogen and oxygen atoms in total. The molecule has 0 heterocycles. The van der Waals surface area contributed by atoms with Gasteiger partial charge in [0.2, 0.25) is 0 Å². The van der Waals surface area contributed by atoms with Crippen molar-refractivity contribution in [1.29, 1.82) is 5.26 Å². The van der Waals surface area contributed by atoms with Crippen LogP contribution in [0, 0.1) is 26.2 Å². The number of ether oxygens (including phenoxy) is 1. The van der Waals surface area contributed by atoms with Crippen LogP contribution in [0.25, 0.3) is 0 Å². The zero-order chi connectivity index (χ0) is 18.4. The summed E-state index contributed by atoms with van der Waals surface area (Å²) >= 11 is 0. The van der Waals surface area contributed by atoms with Crippen molar-refractivity contribution >= 4 is 16.9 Å². The first-order chi connectivity index (χ1) is 10.5. The van der Waals surface area contributed by atoms with Crippen LogP contribution < -0.4 is 0 Å². The summed E-state index contributed by atoms with van der Waals surface area (Å²) in [5.74, 6) is 0. The van der Waals surface area contributed by atoms with E-state index in [1.165, 1.54) is 0 Å². The molecule has 0 aliphatic carbocycles. The summed E-state index contributed by atoms with van der Waals surface area (Å²) in [6.45, 7) is 16.3. The first-order valence-corrected chi connectivity index (χ1v) is 7.56. The van der Waals surface area contributed by atoms with Gasteiger partial charge in [-0.25, -0.2) is 0 Å². The fourth-order valence-electron chi connectivity index (χ4n) is 0.854. The van der Waals surface area contributed by atoms with Gasteiger partial charge in [0, 0.05) is 34.3 Å². The third-order valence-electron chi connectivity index (χ3n) is 1.62. The maximum Gasteiger partial charge on any atom is 0.373 e. The zero-order valence-corrected chi connectivity index (χ0v) is 18.8. The van der Waals surface area contributed by atoms with Crippen molar-refractivity contribution in [2.24, 2.45) is 0 Å². The van der Waals surface area contributed by atoms with E-state index in [1.807, 2.05) is 34.6 Å². The van der Waals surface area contributed by atoms with E-state index in [4.69, 9.17) is 26.2 Å². The average molecular weight is 528 g/mol. The van der Waals surface area contributed by atoms with E-state index >= 15 is 0 Å². The van der Waals surface area contributed by atoms with Crippen LogP contribution in [0.3, 0.4) is 0 Å². The molecule has 1 aromatic carbocycles. The second kappa shape index (κ2) is 37.7. The number of aryl methyl sites for hydroxylation is 1. The monoisotopic (exact) mass is 528 g/mol. The Morgan fingerprint density at radius 2 is 1.33 bits per heavy atom. The summed E-state index contributed by atoms with van der Waals surface area (Å²) in [4.78, 5) is 16.6. The molecule has 0 bridgehead atoms. The Balaban J connectivity index is -0.0000000500. The van der Waals surface area contributed by atoms with Crippen LogP contribution in [0.15, 0.2) is 29.2 Å². The summed E-state index contributed by atoms with van der Waals surface area (Å²) in [5, 5.41) is 6.25. The van der Waals surface area contributed by atoms with E-state index in [0.717, 1.165) is 18.8 Å². The summed E-state index contributed by atoms with van der Waals surface area (Å²) in [6, 6.07) is 6.70. The third kappa shape index (κ3) is 37.2. The Morgan fingerprint density at radius 3 is 1.50 bits per heavy atom. The smallest absolute Gasteiger partial charge is 0.373 e. The third-order valence-corrected chi connectivity index (χ3v) is 2.28. The molecule has 0 spiro atoms. The second-order valence-electron chi connectivity index (χ2n) is 2.91. The Hall–Kier alpha value is -1.31. The fraction of sp³-hybridized carbons (Fsp3) is 0.438. The molecule has 0 N–H and O–H groups in total. The van der Waals surface area contributed by atoms with Gasteiger partial charge in [0.25, 0.3) is 0 Å². The molecular formula is C16H26NO5SW-3. The Bertz CT molecular complexity index is 443. The van der Waals surface area contributed by atoms with Gasteiger partial charge < -0.3 is 32.4 Å². The van der Waals surface area contributed by atoms with Gasteiger partial charge in [0.1, 0.15) is 0 Å². The van der Waals surface area contributed by atoms with Crippen molar-refractivity contribution in [3.05, 3.63) is 43.8 Å². The van der Waals surface area contributed by atoms with Gasteiger partial charge in [-0.05, 0) is 31.5 Å². The van der Waals surface area contributed by atoms with Gasteiger partial charge in [-0.15, -0.1) is 0 Å². The topological polar surface area (TPSA) is 101 Å². The van der Waals surface area contributed by atoms with Crippen molar-refractivity contribution < 1.29 is 43.8 Å². The SMILES string of the molecule is CC.CCOCC.Cc1ccc([S-](=O)=O)cc1.O=C=O.[C-]#N.[CH3-].[W]. The molecule has 0 fully saturated rings. The van der Waals surface area contributed by atoms with Gasteiger partial charge in [-0.1, -0.05) is 48.6 Å². The molecule has 24 heavy (non-hydrogen) atoms. The van der Waals surface area contributed by atoms with Crippen molar-refractivity contribution in [2.45, 2.75) is 39.5 Å². The molecule has 0 saturated carbocycles. The van der Waals surface area contributed by atoms with Crippen LogP contribution in [0.2, 0.25) is 0 Å². The molecule has 1 rings (SSSR count). The minimum absolute atomic E-state index is 0. The summed E-state index contributed by atoms with van der Waals surface area (Å²) < 4.78 is 25.5. The zero-order valence-electron chi connectivity index (χ0n) is 15.0. The molecule has 0 radical (unpaired) electrons. The van der Waals surface area contributed by atoms with Crippen LogP contribution in [-0.2, 0) is 54.5 Å². The van der Waals surface area contributed by atoms with Gasteiger partial charge in [-0.3, -0.25) is 0 Å². The van der Waals surface area contributed by atoms with Crippen LogP contribution >= 0.6 is 0 Å². The molecule has 1 aromatic rings. The van der Waals surface area contributed by atoms with Crippen molar-refractivity contribution in [2.75, 3.05) is 13.2 Å². The van der Waals surface area contributed by atoms with Gasteiger partial charge >= 0.3 is 6.15 Å². The van der Waals surface area contributed by atoms with E-state index in [2.05, 4.69) is 0 Å². The molecule has 0 atom stereocenters. The number of carbonyl (C=O) groups excluding carboxylic acids is 2. The molecule has 0 amide bonds. The van der Waals surface area contributed by atoms with Crippen LogP contribution in [0.5, 0.6) is 0 Å². The quantitative estimate of drug-likeness (QED) is 0.438. The number of hydrogen-bond acceptors (Lipinski definition) is 7. The van der Waals surface area contributed by atoms with E-state index in [9.17, 15) is 8.42 Å². The van der Waals surface area contributed by atoms with E-state index < -0.39 is 10.7 Å². The average Bonchev–Trinajstić information content (AvgIpc) is 2.54. The van der Waals surface area contributed by atoms with E-state index in [1.54, 1.807) is 24.3 Å². The Kier molecular flexibility index (Phi) is 60.2. The Labute approximate surface area is 162 Å². The standard InChI is InChI=1S/C7H7O2S.C4H10O.C2H6.CN.CO2.CH3.W/c1-6-2-4-7(5-3-6)10(8)9;1-3-5-4-2;2*1-2;2-1-3;;/h2-5H,1H3;3-4H2,1-2H3;1-2H3;;;1H3;/q-1;;;-1;;-1;. The summed E-state index contributed by atoms with van der Waals surface area (Å²) in [5.41, 5.74) is 1.06. The fourth-order valence-corrected chi connectivity index (χ4v) is 1.21. The summed E-state index contributed by atoms with van der Waals surface area (Å²) in [7, 11) is -2.09. The molecular weight excluding hydrogens is 502 g/mol. The van der Waals surface area contributed by atoms with Gasteiger partial charge in [0.05, 0.1) is 0 Å². The normalized spacial score (nSPS) is 6.67. The van der Waals surface area contributed by atoms with Crippen molar-refractivity contribution in [3.63, 3.8) is 0 Å². The first-order valence-electron chi connectivity index (χ1n) is 6.48. The minimum Gasteiger partial charge on any atom is -0.512 e. The summed E-state index contributed by atoms with van der Waals surface area (Å²) in [6.07, 6.45) is 0.250. The Morgan fingerprint density at radius 1 is 1.04 bits per heavy atom. The number of nitrogens with zero attached hydrogens (tertiary/aromatic N) is 1. The van der Waals surface area contributed by atoms with Crippen LogP contribution in [0.1, 0.15) is 33.3 Å². The molecule has 0 saturated heterocycles. The van der Waals surface area contributed by atoms with E-state index in [0.29, 0.717) is 4.90 Å². The minimum atomic E-state index is -2.09. The molecule has 140 valence electrons. The molecule has 0 aromatic heterocycles. The maximum absolute atomic E-state index is 10.3. The first kappa shape index (κ1) is 38.3. The van der Waals surface area contributed by atoms with Crippen molar-refractivity contribution in [1.82, 2.24) is 0 Å². The number of benzene rings is 1. The van der Waals surface area contributed by atoms with Crippen LogP contribution in [-0.4, -0.2) is 19.4 Å². The maximum atomic E-state index is 10.3. The number of rotatable bonds is 3. The van der Waals surface area contributed by atoms with Gasteiger partial charge in [-0.2, -0.15) is 9.59 Å². The predicted molar refractivity (Wildman–Crippen MR) is 88.1 cm³/mol. The molecule has 8 heteroatoms. The van der Waals surface area contributed by atoms with Gasteiger partial charge in [0.15, 0.2) is 0 Å². The molecule has 0 aliphatic rings. The number of hydrogen-bond donors (Lipinski definition) is 0. The van der Waals surface area contributed by atoms with E-state index in [-0.39, 0.29) is 34.6 Å². The largest absolute Gasteiger partial charge is 0.512 e. The molecule has 0 aliphatic heterocycles. The van der Waals surface area contributed by atoms with Crippen molar-refractivity contribution in [3.8, 4) is 0 Å². The predicted octanol–water partition coefficient (Wildman–Crippen LogP) is 3.69. The molecule has 0 unspecified atom stereocenters.